The van der Waals surface area contributed by atoms with Crippen molar-refractivity contribution in [3.63, 3.8) is 0 Å². The highest BCUT2D eigenvalue weighted by Crippen LogP contribution is 2.53. The standard InChI is InChI=1S/C21H16F3N3/c1-2-20(21(22,23)24,15(12-25)13-26)18-16-10-6-7-11-17(16)27-19(18)14-8-4-3-5-9-14/h3-11,15,27H,2H2,1H3. The Kier molecular flexibility index (Phi) is 4.68. The topological polar surface area (TPSA) is 63.4 Å². The molecule has 0 aliphatic carbocycles. The number of fused-ring (bicyclic) bond motifs is 1. The minimum Gasteiger partial charge on any atom is -0.354 e. The number of para-hydroxylation sites is 1. The SMILES string of the molecule is CCC(c1c(-c2ccccc2)[nH]c2ccccc12)(C(C#N)C#N)C(F)(F)F. The van der Waals surface area contributed by atoms with E-state index < -0.39 is 23.9 Å². The Morgan fingerprint density at radius 1 is 0.963 bits per heavy atom. The van der Waals surface area contributed by atoms with Gasteiger partial charge in [0.05, 0.1) is 17.8 Å². The third kappa shape index (κ3) is 2.74. The van der Waals surface area contributed by atoms with Gasteiger partial charge in [-0.15, -0.1) is 0 Å². The lowest BCUT2D eigenvalue weighted by Crippen LogP contribution is -2.47. The van der Waals surface area contributed by atoms with Gasteiger partial charge in [-0.3, -0.25) is 0 Å². The molecule has 0 saturated carbocycles. The van der Waals surface area contributed by atoms with Crippen molar-refractivity contribution in [3.05, 3.63) is 60.2 Å². The van der Waals surface area contributed by atoms with E-state index in [4.69, 9.17) is 0 Å². The number of nitrogens with one attached hydrogen (secondary N) is 1. The number of nitrogens with zero attached hydrogens (tertiary/aromatic N) is 2. The van der Waals surface area contributed by atoms with Gasteiger partial charge in [0, 0.05) is 16.5 Å². The number of alkyl halides is 3. The Hall–Kier alpha value is -3.25. The van der Waals surface area contributed by atoms with E-state index in [1.807, 2.05) is 0 Å². The summed E-state index contributed by atoms with van der Waals surface area (Å²) in [5.41, 5.74) is -1.27. The number of H-pyrrole nitrogens is 1. The lowest BCUT2D eigenvalue weighted by atomic mass is 9.67. The molecule has 0 spiro atoms. The number of hydrogen-bond donors (Lipinski definition) is 1. The zero-order valence-corrected chi connectivity index (χ0v) is 14.5. The predicted molar refractivity (Wildman–Crippen MR) is 96.5 cm³/mol. The van der Waals surface area contributed by atoms with Crippen LogP contribution in [0.3, 0.4) is 0 Å². The maximum Gasteiger partial charge on any atom is 0.400 e. The minimum atomic E-state index is -4.79. The van der Waals surface area contributed by atoms with Gasteiger partial charge in [0.25, 0.3) is 0 Å². The molecular weight excluding hydrogens is 351 g/mol. The predicted octanol–water partition coefficient (Wildman–Crippen LogP) is 5.71. The van der Waals surface area contributed by atoms with Crippen LogP contribution in [0.2, 0.25) is 0 Å². The molecule has 1 N–H and O–H groups in total. The Bertz CT molecular complexity index is 1020. The van der Waals surface area contributed by atoms with Crippen molar-refractivity contribution in [2.45, 2.75) is 24.9 Å². The van der Waals surface area contributed by atoms with Crippen LogP contribution in [-0.4, -0.2) is 11.2 Å². The largest absolute Gasteiger partial charge is 0.400 e. The van der Waals surface area contributed by atoms with E-state index in [2.05, 4.69) is 4.98 Å². The quantitative estimate of drug-likeness (QED) is 0.642. The molecule has 1 unspecified atom stereocenters. The highest BCUT2D eigenvalue weighted by Gasteiger charge is 2.61. The molecule has 2 aromatic carbocycles. The van der Waals surface area contributed by atoms with Crippen molar-refractivity contribution in [2.24, 2.45) is 5.92 Å². The van der Waals surface area contributed by atoms with Crippen molar-refractivity contribution in [2.75, 3.05) is 0 Å². The molecule has 6 heteroatoms. The van der Waals surface area contributed by atoms with Crippen LogP contribution in [0.5, 0.6) is 0 Å². The first kappa shape index (κ1) is 18.5. The Morgan fingerprint density at radius 3 is 2.11 bits per heavy atom. The van der Waals surface area contributed by atoms with E-state index in [-0.39, 0.29) is 11.3 Å². The van der Waals surface area contributed by atoms with Crippen molar-refractivity contribution < 1.29 is 13.2 Å². The summed E-state index contributed by atoms with van der Waals surface area (Å²) >= 11 is 0. The van der Waals surface area contributed by atoms with E-state index in [0.29, 0.717) is 16.5 Å². The highest BCUT2D eigenvalue weighted by atomic mass is 19.4. The summed E-state index contributed by atoms with van der Waals surface area (Å²) in [6, 6.07) is 18.5. The smallest absolute Gasteiger partial charge is 0.354 e. The third-order valence-electron chi connectivity index (χ3n) is 5.03. The van der Waals surface area contributed by atoms with Crippen LogP contribution in [0, 0.1) is 28.6 Å². The first-order valence-corrected chi connectivity index (χ1v) is 8.43. The van der Waals surface area contributed by atoms with Gasteiger partial charge >= 0.3 is 6.18 Å². The van der Waals surface area contributed by atoms with Crippen LogP contribution in [0.15, 0.2) is 54.6 Å². The Labute approximate surface area is 154 Å². The van der Waals surface area contributed by atoms with Gasteiger partial charge in [0.15, 0.2) is 5.92 Å². The van der Waals surface area contributed by atoms with E-state index in [1.165, 1.54) is 6.92 Å². The normalized spacial score (nSPS) is 13.9. The fourth-order valence-electron chi connectivity index (χ4n) is 3.71. The number of aromatic amines is 1. The molecule has 1 atom stereocenters. The van der Waals surface area contributed by atoms with Gasteiger partial charge in [0.1, 0.15) is 5.41 Å². The second-order valence-corrected chi connectivity index (χ2v) is 6.30. The second-order valence-electron chi connectivity index (χ2n) is 6.30. The maximum atomic E-state index is 14.5. The van der Waals surface area contributed by atoms with E-state index in [0.717, 1.165) is 0 Å². The van der Waals surface area contributed by atoms with Crippen molar-refractivity contribution >= 4 is 10.9 Å². The fourth-order valence-corrected chi connectivity index (χ4v) is 3.71. The average molecular weight is 367 g/mol. The Morgan fingerprint density at radius 2 is 1.56 bits per heavy atom. The lowest BCUT2D eigenvalue weighted by Gasteiger charge is -2.36. The Balaban J connectivity index is 2.50. The molecule has 3 rings (SSSR count). The molecule has 3 aromatic rings. The summed E-state index contributed by atoms with van der Waals surface area (Å²) in [4.78, 5) is 3.08. The van der Waals surface area contributed by atoms with Crippen LogP contribution in [0.4, 0.5) is 13.2 Å². The van der Waals surface area contributed by atoms with Gasteiger partial charge in [-0.25, -0.2) is 0 Å². The summed E-state index contributed by atoms with van der Waals surface area (Å²) in [6.45, 7) is 1.37. The van der Waals surface area contributed by atoms with Crippen LogP contribution in [-0.2, 0) is 5.41 Å². The van der Waals surface area contributed by atoms with E-state index >= 15 is 0 Å². The molecule has 0 aliphatic rings. The monoisotopic (exact) mass is 367 g/mol. The van der Waals surface area contributed by atoms with Crippen molar-refractivity contribution in [3.8, 4) is 23.4 Å². The molecular formula is C21H16F3N3. The second kappa shape index (κ2) is 6.81. The van der Waals surface area contributed by atoms with Gasteiger partial charge in [0.2, 0.25) is 0 Å². The van der Waals surface area contributed by atoms with Crippen molar-refractivity contribution in [1.29, 1.82) is 10.5 Å². The summed E-state index contributed by atoms with van der Waals surface area (Å²) in [7, 11) is 0. The molecule has 27 heavy (non-hydrogen) atoms. The van der Waals surface area contributed by atoms with Gasteiger partial charge in [-0.05, 0) is 18.1 Å². The lowest BCUT2D eigenvalue weighted by molar-refractivity contribution is -0.197. The van der Waals surface area contributed by atoms with Gasteiger partial charge < -0.3 is 4.98 Å². The molecule has 3 nitrogen and oxygen atoms in total. The van der Waals surface area contributed by atoms with Gasteiger partial charge in [-0.2, -0.15) is 23.7 Å². The maximum absolute atomic E-state index is 14.5. The summed E-state index contributed by atoms with van der Waals surface area (Å²) in [5.74, 6) is -1.87. The molecule has 1 heterocycles. The number of nitriles is 2. The summed E-state index contributed by atoms with van der Waals surface area (Å²) in [6.07, 6.45) is -5.21. The summed E-state index contributed by atoms with van der Waals surface area (Å²) < 4.78 is 43.4. The number of hydrogen-bond acceptors (Lipinski definition) is 2. The zero-order chi connectivity index (χ0) is 19.7. The molecule has 0 radical (unpaired) electrons. The number of benzene rings is 2. The molecule has 1 aromatic heterocycles. The summed E-state index contributed by atoms with van der Waals surface area (Å²) in [5, 5.41) is 19.2. The van der Waals surface area contributed by atoms with E-state index in [9.17, 15) is 23.7 Å². The number of aromatic nitrogens is 1. The minimum absolute atomic E-state index is 0.0487. The molecule has 136 valence electrons. The molecule has 0 aliphatic heterocycles. The first-order chi connectivity index (χ1) is 12.9. The van der Waals surface area contributed by atoms with Crippen LogP contribution < -0.4 is 0 Å². The number of halogens is 3. The highest BCUT2D eigenvalue weighted by molar-refractivity contribution is 5.92. The van der Waals surface area contributed by atoms with Crippen LogP contribution in [0.1, 0.15) is 18.9 Å². The molecule has 0 bridgehead atoms. The van der Waals surface area contributed by atoms with E-state index in [1.54, 1.807) is 66.7 Å². The zero-order valence-electron chi connectivity index (χ0n) is 14.5. The van der Waals surface area contributed by atoms with Crippen LogP contribution >= 0.6 is 0 Å². The molecule has 0 fully saturated rings. The van der Waals surface area contributed by atoms with Gasteiger partial charge in [-0.1, -0.05) is 55.5 Å². The first-order valence-electron chi connectivity index (χ1n) is 8.43. The third-order valence-corrected chi connectivity index (χ3v) is 5.03. The number of rotatable bonds is 4. The van der Waals surface area contributed by atoms with Crippen molar-refractivity contribution in [1.82, 2.24) is 4.98 Å². The van der Waals surface area contributed by atoms with Crippen LogP contribution in [0.25, 0.3) is 22.2 Å². The molecule has 0 amide bonds. The molecule has 0 saturated heterocycles. The average Bonchev–Trinajstić information content (AvgIpc) is 3.05. The fraction of sp³-hybridized carbons (Fsp3) is 0.238.